The van der Waals surface area contributed by atoms with Gasteiger partial charge in [0.25, 0.3) is 5.91 Å². The van der Waals surface area contributed by atoms with Gasteiger partial charge in [0.15, 0.2) is 0 Å². The minimum absolute atomic E-state index is 0.0653. The lowest BCUT2D eigenvalue weighted by molar-refractivity contribution is -0.143. The molecule has 3 aromatic rings. The van der Waals surface area contributed by atoms with E-state index in [0.717, 1.165) is 9.36 Å². The molecule has 1 aromatic heterocycles. The molecule has 0 aliphatic carbocycles. The van der Waals surface area contributed by atoms with Crippen LogP contribution in [0.15, 0.2) is 47.3 Å². The molecule has 1 heterocycles. The number of benzene rings is 2. The van der Waals surface area contributed by atoms with Crippen molar-refractivity contribution in [3.63, 3.8) is 0 Å². The van der Waals surface area contributed by atoms with Gasteiger partial charge in [-0.1, -0.05) is 0 Å². The van der Waals surface area contributed by atoms with Gasteiger partial charge in [0, 0.05) is 18.3 Å². The summed E-state index contributed by atoms with van der Waals surface area (Å²) in [5.41, 5.74) is -4.20. The van der Waals surface area contributed by atoms with Crippen LogP contribution in [0.4, 0.5) is 32.0 Å². The maximum Gasteiger partial charge on any atom is 0.416 e. The van der Waals surface area contributed by atoms with Gasteiger partial charge in [-0.2, -0.15) is 35.7 Å². The topological polar surface area (TPSA) is 81.8 Å². The van der Waals surface area contributed by atoms with Gasteiger partial charge in [-0.15, -0.1) is 0 Å². The number of aryl methyl sites for hydroxylation is 1. The Morgan fingerprint density at radius 3 is 1.87 bits per heavy atom. The fourth-order valence-corrected chi connectivity index (χ4v) is 2.45. The predicted octanol–water partition coefficient (Wildman–Crippen LogP) is 3.26. The molecular formula is C17H11F6N5O2. The van der Waals surface area contributed by atoms with Crippen molar-refractivity contribution in [2.24, 2.45) is 7.05 Å². The van der Waals surface area contributed by atoms with Crippen molar-refractivity contribution in [1.29, 1.82) is 0 Å². The zero-order chi connectivity index (χ0) is 22.3. The second-order valence-corrected chi connectivity index (χ2v) is 6.09. The normalized spacial score (nSPS) is 12.1. The SMILES string of the molecule is Cn1nnn(-c2ccc(NC(=O)c3cc(C(F)(F)F)cc(C(F)(F)F)c3)cc2)c1=O. The third-order valence-corrected chi connectivity index (χ3v) is 3.94. The van der Waals surface area contributed by atoms with Crippen LogP contribution >= 0.6 is 0 Å². The van der Waals surface area contributed by atoms with Crippen molar-refractivity contribution in [1.82, 2.24) is 19.8 Å². The molecule has 0 aliphatic heterocycles. The Labute approximate surface area is 163 Å². The van der Waals surface area contributed by atoms with Crippen molar-refractivity contribution < 1.29 is 31.1 Å². The van der Waals surface area contributed by atoms with Crippen LogP contribution in [0, 0.1) is 0 Å². The van der Waals surface area contributed by atoms with Crippen LogP contribution in [0.3, 0.4) is 0 Å². The summed E-state index contributed by atoms with van der Waals surface area (Å²) in [6.45, 7) is 0. The second kappa shape index (κ2) is 7.31. The highest BCUT2D eigenvalue weighted by Crippen LogP contribution is 2.36. The summed E-state index contributed by atoms with van der Waals surface area (Å²) >= 11 is 0. The molecule has 0 spiro atoms. The Morgan fingerprint density at radius 2 is 1.43 bits per heavy atom. The Morgan fingerprint density at radius 1 is 0.900 bits per heavy atom. The molecule has 0 fully saturated rings. The van der Waals surface area contributed by atoms with Crippen molar-refractivity contribution in [2.75, 3.05) is 5.32 Å². The van der Waals surface area contributed by atoms with E-state index in [0.29, 0.717) is 12.1 Å². The lowest BCUT2D eigenvalue weighted by Gasteiger charge is -2.14. The predicted molar refractivity (Wildman–Crippen MR) is 91.0 cm³/mol. The standard InChI is InChI=1S/C17H11F6N5O2/c1-27-15(30)28(26-25-27)13-4-2-12(3-5-13)24-14(29)9-6-10(16(18,19)20)8-11(7-9)17(21,22)23/h2-8H,1H3,(H,24,29). The van der Waals surface area contributed by atoms with E-state index in [1.165, 1.54) is 31.3 Å². The van der Waals surface area contributed by atoms with E-state index in [4.69, 9.17) is 0 Å². The first kappa shape index (κ1) is 21.1. The largest absolute Gasteiger partial charge is 0.416 e. The number of nitrogens with one attached hydrogen (secondary N) is 1. The maximum atomic E-state index is 12.9. The van der Waals surface area contributed by atoms with Crippen LogP contribution in [-0.2, 0) is 19.4 Å². The Kier molecular flexibility index (Phi) is 5.14. The molecule has 0 aliphatic rings. The summed E-state index contributed by atoms with van der Waals surface area (Å²) < 4.78 is 79.5. The van der Waals surface area contributed by atoms with Crippen LogP contribution in [0.2, 0.25) is 0 Å². The molecule has 7 nitrogen and oxygen atoms in total. The number of hydrogen-bond acceptors (Lipinski definition) is 4. The molecule has 0 radical (unpaired) electrons. The van der Waals surface area contributed by atoms with Crippen molar-refractivity contribution in [3.05, 3.63) is 69.6 Å². The monoisotopic (exact) mass is 431 g/mol. The van der Waals surface area contributed by atoms with Gasteiger partial charge in [0.1, 0.15) is 0 Å². The highest BCUT2D eigenvalue weighted by atomic mass is 19.4. The first-order valence-electron chi connectivity index (χ1n) is 8.06. The Balaban J connectivity index is 1.88. The molecule has 0 atom stereocenters. The zero-order valence-electron chi connectivity index (χ0n) is 14.9. The van der Waals surface area contributed by atoms with E-state index >= 15 is 0 Å². The van der Waals surface area contributed by atoms with E-state index in [-0.39, 0.29) is 17.4 Å². The van der Waals surface area contributed by atoms with Crippen LogP contribution in [0.1, 0.15) is 21.5 Å². The maximum absolute atomic E-state index is 12.9. The van der Waals surface area contributed by atoms with Gasteiger partial charge in [0.05, 0.1) is 16.8 Å². The zero-order valence-corrected chi connectivity index (χ0v) is 14.9. The summed E-state index contributed by atoms with van der Waals surface area (Å²) in [6.07, 6.45) is -10.1. The Hall–Kier alpha value is -3.64. The van der Waals surface area contributed by atoms with Crippen molar-refractivity contribution in [3.8, 4) is 5.69 Å². The molecule has 13 heteroatoms. The number of rotatable bonds is 3. The minimum atomic E-state index is -5.07. The number of anilines is 1. The summed E-state index contributed by atoms with van der Waals surface area (Å²) in [6, 6.07) is 5.91. The van der Waals surface area contributed by atoms with Crippen LogP contribution < -0.4 is 11.0 Å². The third kappa shape index (κ3) is 4.34. The molecular weight excluding hydrogens is 420 g/mol. The average Bonchev–Trinajstić information content (AvgIpc) is 2.99. The molecule has 3 rings (SSSR count). The van der Waals surface area contributed by atoms with Gasteiger partial charge >= 0.3 is 18.0 Å². The molecule has 158 valence electrons. The first-order chi connectivity index (χ1) is 13.9. The Bertz CT molecular complexity index is 1110. The fraction of sp³-hybridized carbons (Fsp3) is 0.176. The van der Waals surface area contributed by atoms with E-state index in [2.05, 4.69) is 15.7 Å². The van der Waals surface area contributed by atoms with Crippen molar-refractivity contribution >= 4 is 11.6 Å². The van der Waals surface area contributed by atoms with Crippen LogP contribution in [0.5, 0.6) is 0 Å². The van der Waals surface area contributed by atoms with Crippen LogP contribution in [0.25, 0.3) is 5.69 Å². The third-order valence-electron chi connectivity index (χ3n) is 3.94. The average molecular weight is 431 g/mol. The van der Waals surface area contributed by atoms with Gasteiger partial charge in [-0.3, -0.25) is 4.79 Å². The van der Waals surface area contributed by atoms with E-state index in [9.17, 15) is 35.9 Å². The van der Waals surface area contributed by atoms with E-state index in [1.807, 2.05) is 0 Å². The first-order valence-corrected chi connectivity index (χ1v) is 8.06. The van der Waals surface area contributed by atoms with Gasteiger partial charge < -0.3 is 5.32 Å². The van der Waals surface area contributed by atoms with E-state index < -0.39 is 40.6 Å². The number of tetrazole rings is 1. The summed E-state index contributed by atoms with van der Waals surface area (Å²) in [4.78, 5) is 24.0. The molecule has 0 unspecified atom stereocenters. The molecule has 0 saturated carbocycles. The highest BCUT2D eigenvalue weighted by molar-refractivity contribution is 6.04. The minimum Gasteiger partial charge on any atom is -0.322 e. The quantitative estimate of drug-likeness (QED) is 0.646. The molecule has 0 bridgehead atoms. The molecule has 1 N–H and O–H groups in total. The smallest absolute Gasteiger partial charge is 0.322 e. The summed E-state index contributed by atoms with van der Waals surface area (Å²) in [5, 5.41) is 9.34. The number of carbonyl (C=O) groups is 1. The number of amides is 1. The van der Waals surface area contributed by atoms with Crippen LogP contribution in [-0.4, -0.2) is 25.7 Å². The molecule has 1 amide bonds. The number of nitrogens with zero attached hydrogens (tertiary/aromatic N) is 4. The lowest BCUT2D eigenvalue weighted by Crippen LogP contribution is -2.21. The van der Waals surface area contributed by atoms with Crippen molar-refractivity contribution in [2.45, 2.75) is 12.4 Å². The number of carbonyl (C=O) groups excluding carboxylic acids is 1. The number of alkyl halides is 6. The molecule has 0 saturated heterocycles. The lowest BCUT2D eigenvalue weighted by atomic mass is 10.0. The number of halogens is 6. The summed E-state index contributed by atoms with van der Waals surface area (Å²) in [7, 11) is 1.38. The number of hydrogen-bond donors (Lipinski definition) is 1. The van der Waals surface area contributed by atoms with E-state index in [1.54, 1.807) is 0 Å². The van der Waals surface area contributed by atoms with Gasteiger partial charge in [0.2, 0.25) is 0 Å². The second-order valence-electron chi connectivity index (χ2n) is 6.09. The van der Waals surface area contributed by atoms with Gasteiger partial charge in [-0.05, 0) is 52.9 Å². The number of aromatic nitrogens is 4. The molecule has 2 aromatic carbocycles. The molecule has 30 heavy (non-hydrogen) atoms. The fourth-order valence-electron chi connectivity index (χ4n) is 2.45. The summed E-state index contributed by atoms with van der Waals surface area (Å²) in [5.74, 6) is -1.17. The van der Waals surface area contributed by atoms with Gasteiger partial charge in [-0.25, -0.2) is 4.79 Å². The highest BCUT2D eigenvalue weighted by Gasteiger charge is 2.37.